The maximum absolute atomic E-state index is 15.4. The summed E-state index contributed by atoms with van der Waals surface area (Å²) in [4.78, 5) is 12.9. The monoisotopic (exact) mass is 470 g/mol. The summed E-state index contributed by atoms with van der Waals surface area (Å²) < 4.78 is 37.7. The van der Waals surface area contributed by atoms with Crippen molar-refractivity contribution < 1.29 is 18.6 Å². The van der Waals surface area contributed by atoms with E-state index < -0.39 is 11.8 Å². The Hall–Kier alpha value is -2.69. The number of aliphatic hydroxyl groups is 1. The predicted molar refractivity (Wildman–Crippen MR) is 123 cm³/mol. The molecule has 3 aliphatic heterocycles. The van der Waals surface area contributed by atoms with Crippen LogP contribution in [0.3, 0.4) is 0 Å². The number of β-amino-alcohol motifs (C(OH)–C–C–N with tert-alkyl or cyclic N) is 1. The van der Waals surface area contributed by atoms with Crippen LogP contribution >= 0.6 is 0 Å². The number of nitrogens with zero attached hydrogens (tertiary/aromatic N) is 6. The largest absolute Gasteiger partial charge is 0.389 e. The lowest BCUT2D eigenvalue weighted by Crippen LogP contribution is -2.57. The molecular formula is C24H28F2N6O2. The molecule has 0 radical (unpaired) electrons. The third kappa shape index (κ3) is 3.64. The van der Waals surface area contributed by atoms with Gasteiger partial charge in [-0.15, -0.1) is 0 Å². The fourth-order valence-electron chi connectivity index (χ4n) is 5.31. The van der Waals surface area contributed by atoms with Gasteiger partial charge in [-0.3, -0.25) is 4.90 Å². The van der Waals surface area contributed by atoms with E-state index in [2.05, 4.69) is 15.1 Å². The molecule has 10 heteroatoms. The number of hydrogen-bond donors (Lipinski definition) is 1. The summed E-state index contributed by atoms with van der Waals surface area (Å²) in [6.07, 6.45) is 1.80. The third-order valence-corrected chi connectivity index (χ3v) is 7.31. The molecule has 8 nitrogen and oxygen atoms in total. The average molecular weight is 471 g/mol. The van der Waals surface area contributed by atoms with Crippen LogP contribution in [0.25, 0.3) is 16.7 Å². The van der Waals surface area contributed by atoms with Crippen molar-refractivity contribution in [2.75, 3.05) is 44.3 Å². The number of piperidine rings is 1. The Morgan fingerprint density at radius 2 is 1.85 bits per heavy atom. The SMILES string of the molecule is Cc1nc(N2CC(O)C2)cc(-n2ncc3cc(C)c(C4CCN(C5COC5)CC4(F)F)cc32)n1. The Balaban J connectivity index is 1.36. The second kappa shape index (κ2) is 7.93. The minimum atomic E-state index is -2.83. The molecule has 0 saturated carbocycles. The zero-order valence-electron chi connectivity index (χ0n) is 19.3. The quantitative estimate of drug-likeness (QED) is 0.628. The number of ether oxygens (including phenoxy) is 1. The number of anilines is 1. The molecule has 5 heterocycles. The molecule has 180 valence electrons. The number of alkyl halides is 2. The number of aryl methyl sites for hydroxylation is 2. The molecule has 0 aliphatic carbocycles. The Morgan fingerprint density at radius 1 is 1.09 bits per heavy atom. The summed E-state index contributed by atoms with van der Waals surface area (Å²) in [6, 6.07) is 5.75. The van der Waals surface area contributed by atoms with Crippen LogP contribution in [0.1, 0.15) is 29.3 Å². The van der Waals surface area contributed by atoms with Gasteiger partial charge in [0.05, 0.1) is 49.5 Å². The average Bonchev–Trinajstić information content (AvgIpc) is 3.11. The first kappa shape index (κ1) is 21.8. The van der Waals surface area contributed by atoms with E-state index in [4.69, 9.17) is 4.74 Å². The van der Waals surface area contributed by atoms with E-state index in [1.54, 1.807) is 10.9 Å². The summed E-state index contributed by atoms with van der Waals surface area (Å²) in [5.41, 5.74) is 2.27. The molecule has 0 amide bonds. The van der Waals surface area contributed by atoms with Crippen LogP contribution in [-0.2, 0) is 4.74 Å². The summed E-state index contributed by atoms with van der Waals surface area (Å²) in [7, 11) is 0. The van der Waals surface area contributed by atoms with Crippen molar-refractivity contribution in [1.82, 2.24) is 24.6 Å². The topological polar surface area (TPSA) is 79.5 Å². The van der Waals surface area contributed by atoms with Crippen LogP contribution in [0.5, 0.6) is 0 Å². The highest BCUT2D eigenvalue weighted by atomic mass is 19.3. The van der Waals surface area contributed by atoms with Gasteiger partial charge in [-0.25, -0.2) is 23.4 Å². The van der Waals surface area contributed by atoms with Crippen LogP contribution in [0.15, 0.2) is 24.4 Å². The molecule has 3 aliphatic rings. The van der Waals surface area contributed by atoms with E-state index >= 15 is 8.78 Å². The van der Waals surface area contributed by atoms with E-state index in [0.717, 1.165) is 22.3 Å². The molecule has 0 bridgehead atoms. The highest BCUT2D eigenvalue weighted by molar-refractivity contribution is 5.82. The third-order valence-electron chi connectivity index (χ3n) is 7.31. The van der Waals surface area contributed by atoms with Crippen LogP contribution in [0.2, 0.25) is 0 Å². The first-order valence-corrected chi connectivity index (χ1v) is 11.8. The molecule has 0 spiro atoms. The Kier molecular flexibility index (Phi) is 5.09. The van der Waals surface area contributed by atoms with Crippen molar-refractivity contribution in [1.29, 1.82) is 0 Å². The molecule has 34 heavy (non-hydrogen) atoms. The zero-order valence-corrected chi connectivity index (χ0v) is 19.3. The fraction of sp³-hybridized carbons (Fsp3) is 0.542. The van der Waals surface area contributed by atoms with E-state index in [9.17, 15) is 5.11 Å². The van der Waals surface area contributed by atoms with Gasteiger partial charge in [0.15, 0.2) is 5.82 Å². The summed E-state index contributed by atoms with van der Waals surface area (Å²) in [5.74, 6) is -1.77. The van der Waals surface area contributed by atoms with Gasteiger partial charge in [-0.2, -0.15) is 5.10 Å². The second-order valence-corrected chi connectivity index (χ2v) is 9.78. The molecule has 1 atom stereocenters. The van der Waals surface area contributed by atoms with Crippen LogP contribution < -0.4 is 4.90 Å². The maximum Gasteiger partial charge on any atom is 0.267 e. The minimum Gasteiger partial charge on any atom is -0.389 e. The van der Waals surface area contributed by atoms with Crippen LogP contribution in [0.4, 0.5) is 14.6 Å². The zero-order chi connectivity index (χ0) is 23.6. The van der Waals surface area contributed by atoms with E-state index in [-0.39, 0.29) is 18.7 Å². The number of hydrogen-bond acceptors (Lipinski definition) is 7. The Bertz CT molecular complexity index is 1240. The molecule has 6 rings (SSSR count). The van der Waals surface area contributed by atoms with Gasteiger partial charge in [-0.05, 0) is 50.1 Å². The Morgan fingerprint density at radius 3 is 2.53 bits per heavy atom. The van der Waals surface area contributed by atoms with Gasteiger partial charge in [0.1, 0.15) is 11.6 Å². The van der Waals surface area contributed by atoms with Crippen molar-refractivity contribution in [3.05, 3.63) is 41.3 Å². The lowest BCUT2D eigenvalue weighted by Gasteiger charge is -2.45. The van der Waals surface area contributed by atoms with Gasteiger partial charge in [0, 0.05) is 24.5 Å². The molecule has 3 saturated heterocycles. The van der Waals surface area contributed by atoms with Gasteiger partial charge in [-0.1, -0.05) is 0 Å². The lowest BCUT2D eigenvalue weighted by molar-refractivity contribution is -0.136. The van der Waals surface area contributed by atoms with Crippen molar-refractivity contribution in [3.8, 4) is 5.82 Å². The minimum absolute atomic E-state index is 0.111. The van der Waals surface area contributed by atoms with Crippen LogP contribution in [-0.4, -0.2) is 87.2 Å². The number of fused-ring (bicyclic) bond motifs is 1. The van der Waals surface area contributed by atoms with Crippen molar-refractivity contribution in [2.45, 2.75) is 44.3 Å². The summed E-state index contributed by atoms with van der Waals surface area (Å²) in [5, 5.41) is 15.1. The number of aromatic nitrogens is 4. The maximum atomic E-state index is 15.4. The van der Waals surface area contributed by atoms with E-state index in [1.807, 2.05) is 41.8 Å². The number of benzene rings is 1. The van der Waals surface area contributed by atoms with Gasteiger partial charge < -0.3 is 14.7 Å². The number of rotatable bonds is 4. The predicted octanol–water partition coefficient (Wildman–Crippen LogP) is 2.44. The number of halogens is 2. The highest BCUT2D eigenvalue weighted by Crippen LogP contribution is 2.43. The Labute approximate surface area is 196 Å². The smallest absolute Gasteiger partial charge is 0.267 e. The first-order chi connectivity index (χ1) is 16.3. The van der Waals surface area contributed by atoms with Gasteiger partial charge >= 0.3 is 0 Å². The number of likely N-dealkylation sites (tertiary alicyclic amines) is 1. The molecule has 3 fully saturated rings. The molecule has 1 N–H and O–H groups in total. The number of aliphatic hydroxyl groups excluding tert-OH is 1. The van der Waals surface area contributed by atoms with E-state index in [0.29, 0.717) is 56.5 Å². The fourth-order valence-corrected chi connectivity index (χ4v) is 5.31. The highest BCUT2D eigenvalue weighted by Gasteiger charge is 2.48. The van der Waals surface area contributed by atoms with Crippen LogP contribution in [0, 0.1) is 13.8 Å². The summed E-state index contributed by atoms with van der Waals surface area (Å²) in [6.45, 7) is 6.26. The van der Waals surface area contributed by atoms with Crippen molar-refractivity contribution in [3.63, 3.8) is 0 Å². The van der Waals surface area contributed by atoms with E-state index in [1.165, 1.54) is 0 Å². The second-order valence-electron chi connectivity index (χ2n) is 9.78. The van der Waals surface area contributed by atoms with Crippen molar-refractivity contribution >= 4 is 16.7 Å². The molecular weight excluding hydrogens is 442 g/mol. The normalized spacial score (nSPS) is 23.8. The van der Waals surface area contributed by atoms with Gasteiger partial charge in [0.2, 0.25) is 0 Å². The lowest BCUT2D eigenvalue weighted by atomic mass is 9.83. The standard InChI is InChI=1S/C24H28F2N6O2/c1-14-5-16-8-27-32(23-7-22(28-15(2)29-23)31-9-18(33)10-31)21(16)6-19(14)20-3-4-30(13-24(20,25)26)17-11-34-12-17/h5-8,17-18,20,33H,3-4,9-13H2,1-2H3. The van der Waals surface area contributed by atoms with Crippen molar-refractivity contribution in [2.24, 2.45) is 0 Å². The molecule has 1 aromatic carbocycles. The molecule has 1 unspecified atom stereocenters. The molecule has 2 aromatic heterocycles. The van der Waals surface area contributed by atoms with Gasteiger partial charge in [0.25, 0.3) is 5.92 Å². The first-order valence-electron chi connectivity index (χ1n) is 11.8. The summed E-state index contributed by atoms with van der Waals surface area (Å²) >= 11 is 0. The molecule has 3 aromatic rings.